The van der Waals surface area contributed by atoms with Crippen LogP contribution in [0.1, 0.15) is 18.9 Å². The Balaban J connectivity index is 3.01. The molecule has 0 aliphatic rings. The first-order chi connectivity index (χ1) is 7.19. The molecule has 0 saturated carbocycles. The van der Waals surface area contributed by atoms with Gasteiger partial charge >= 0.3 is 0 Å². The fourth-order valence-corrected chi connectivity index (χ4v) is 1.06. The fourth-order valence-electron chi connectivity index (χ4n) is 1.06. The number of hydrazone groups is 1. The van der Waals surface area contributed by atoms with E-state index < -0.39 is 11.6 Å². The van der Waals surface area contributed by atoms with Gasteiger partial charge in [0.1, 0.15) is 0 Å². The van der Waals surface area contributed by atoms with Crippen molar-refractivity contribution in [3.05, 3.63) is 29.3 Å². The first-order valence-corrected chi connectivity index (χ1v) is 4.54. The third-order valence-corrected chi connectivity index (χ3v) is 1.70. The SMILES string of the molecule is CCCOc1cc(C=NN)cc(F)c1F. The topological polar surface area (TPSA) is 47.6 Å². The molecule has 0 bridgehead atoms. The molecule has 3 nitrogen and oxygen atoms in total. The fraction of sp³-hybridized carbons (Fsp3) is 0.300. The second-order valence-corrected chi connectivity index (χ2v) is 2.94. The van der Waals surface area contributed by atoms with Gasteiger partial charge in [-0.15, -0.1) is 0 Å². The minimum absolute atomic E-state index is 0.119. The minimum atomic E-state index is -0.988. The number of ether oxygens (including phenoxy) is 1. The Kier molecular flexibility index (Phi) is 4.03. The van der Waals surface area contributed by atoms with Crippen molar-refractivity contribution in [3.8, 4) is 5.75 Å². The molecule has 15 heavy (non-hydrogen) atoms. The van der Waals surface area contributed by atoms with Gasteiger partial charge in [-0.05, 0) is 18.6 Å². The molecule has 1 rings (SSSR count). The van der Waals surface area contributed by atoms with Gasteiger partial charge in [-0.25, -0.2) is 4.39 Å². The van der Waals surface area contributed by atoms with Crippen LogP contribution in [-0.2, 0) is 0 Å². The molecule has 0 radical (unpaired) electrons. The highest BCUT2D eigenvalue weighted by molar-refractivity contribution is 5.80. The highest BCUT2D eigenvalue weighted by Crippen LogP contribution is 2.21. The Hall–Kier alpha value is -1.65. The van der Waals surface area contributed by atoms with E-state index in [1.54, 1.807) is 0 Å². The normalized spacial score (nSPS) is 10.9. The average Bonchev–Trinajstić information content (AvgIpc) is 2.21. The zero-order chi connectivity index (χ0) is 11.3. The Morgan fingerprint density at radius 3 is 2.80 bits per heavy atom. The molecule has 0 aromatic heterocycles. The standard InChI is InChI=1S/C10H12F2N2O/c1-2-3-15-9-5-7(6-14-13)4-8(11)10(9)12/h4-6H,2-3,13H2,1H3. The molecule has 1 aromatic rings. The highest BCUT2D eigenvalue weighted by atomic mass is 19.2. The van der Waals surface area contributed by atoms with Gasteiger partial charge in [-0.2, -0.15) is 9.49 Å². The maximum Gasteiger partial charge on any atom is 0.200 e. The molecule has 0 aliphatic heterocycles. The molecule has 0 fully saturated rings. The molecule has 0 aliphatic carbocycles. The lowest BCUT2D eigenvalue weighted by Crippen LogP contribution is -2.01. The minimum Gasteiger partial charge on any atom is -0.490 e. The maximum atomic E-state index is 13.2. The average molecular weight is 214 g/mol. The van der Waals surface area contributed by atoms with Crippen LogP contribution >= 0.6 is 0 Å². The predicted molar refractivity (Wildman–Crippen MR) is 53.9 cm³/mol. The molecule has 0 spiro atoms. The van der Waals surface area contributed by atoms with Gasteiger partial charge in [0.15, 0.2) is 11.6 Å². The zero-order valence-electron chi connectivity index (χ0n) is 8.34. The van der Waals surface area contributed by atoms with Crippen LogP contribution in [0.25, 0.3) is 0 Å². The monoisotopic (exact) mass is 214 g/mol. The first-order valence-electron chi connectivity index (χ1n) is 4.54. The summed E-state index contributed by atoms with van der Waals surface area (Å²) in [6.07, 6.45) is 1.94. The summed E-state index contributed by atoms with van der Waals surface area (Å²) in [4.78, 5) is 0. The third-order valence-electron chi connectivity index (χ3n) is 1.70. The van der Waals surface area contributed by atoms with Gasteiger partial charge in [0.25, 0.3) is 0 Å². The van der Waals surface area contributed by atoms with E-state index in [0.29, 0.717) is 12.2 Å². The number of nitrogens with zero attached hydrogens (tertiary/aromatic N) is 1. The summed E-state index contributed by atoms with van der Waals surface area (Å²) in [5.41, 5.74) is 0.363. The first kappa shape index (κ1) is 11.4. The van der Waals surface area contributed by atoms with E-state index in [-0.39, 0.29) is 5.75 Å². The van der Waals surface area contributed by atoms with Gasteiger partial charge in [-0.1, -0.05) is 6.92 Å². The van der Waals surface area contributed by atoms with Crippen LogP contribution in [-0.4, -0.2) is 12.8 Å². The molecule has 82 valence electrons. The van der Waals surface area contributed by atoms with Crippen LogP contribution < -0.4 is 10.6 Å². The van der Waals surface area contributed by atoms with E-state index in [1.807, 2.05) is 6.92 Å². The van der Waals surface area contributed by atoms with Crippen molar-refractivity contribution in [2.24, 2.45) is 10.9 Å². The summed E-state index contributed by atoms with van der Waals surface area (Å²) < 4.78 is 31.2. The molecule has 5 heteroatoms. The lowest BCUT2D eigenvalue weighted by molar-refractivity contribution is 0.295. The van der Waals surface area contributed by atoms with E-state index in [9.17, 15) is 8.78 Å². The Labute approximate surface area is 86.5 Å². The summed E-state index contributed by atoms with van der Waals surface area (Å²) in [6, 6.07) is 2.36. The van der Waals surface area contributed by atoms with Crippen LogP contribution in [0.2, 0.25) is 0 Å². The Morgan fingerprint density at radius 1 is 1.47 bits per heavy atom. The maximum absolute atomic E-state index is 13.2. The van der Waals surface area contributed by atoms with E-state index in [0.717, 1.165) is 12.5 Å². The molecule has 0 atom stereocenters. The lowest BCUT2D eigenvalue weighted by atomic mass is 10.2. The molecule has 0 amide bonds. The highest BCUT2D eigenvalue weighted by Gasteiger charge is 2.10. The Bertz CT molecular complexity index is 367. The number of hydrogen-bond acceptors (Lipinski definition) is 3. The van der Waals surface area contributed by atoms with Crippen LogP contribution in [0.3, 0.4) is 0 Å². The van der Waals surface area contributed by atoms with Crippen molar-refractivity contribution in [1.82, 2.24) is 0 Å². The van der Waals surface area contributed by atoms with Crippen molar-refractivity contribution in [3.63, 3.8) is 0 Å². The van der Waals surface area contributed by atoms with E-state index >= 15 is 0 Å². The number of benzene rings is 1. The molecule has 0 heterocycles. The van der Waals surface area contributed by atoms with E-state index in [2.05, 4.69) is 5.10 Å². The van der Waals surface area contributed by atoms with Gasteiger partial charge in [0.05, 0.1) is 12.8 Å². The van der Waals surface area contributed by atoms with E-state index in [4.69, 9.17) is 10.6 Å². The number of nitrogens with two attached hydrogens (primary N) is 1. The summed E-state index contributed by atoms with van der Waals surface area (Å²) in [5, 5.41) is 3.23. The van der Waals surface area contributed by atoms with Crippen LogP contribution in [0.15, 0.2) is 17.2 Å². The van der Waals surface area contributed by atoms with Gasteiger partial charge in [0, 0.05) is 5.56 Å². The molecule has 0 saturated heterocycles. The number of hydrogen-bond donors (Lipinski definition) is 1. The zero-order valence-corrected chi connectivity index (χ0v) is 8.34. The van der Waals surface area contributed by atoms with Crippen LogP contribution in [0.4, 0.5) is 8.78 Å². The quantitative estimate of drug-likeness (QED) is 0.473. The summed E-state index contributed by atoms with van der Waals surface area (Å²) in [5.74, 6) is 2.83. The van der Waals surface area contributed by atoms with Gasteiger partial charge < -0.3 is 10.6 Å². The molecule has 2 N–H and O–H groups in total. The van der Waals surface area contributed by atoms with Crippen molar-refractivity contribution < 1.29 is 13.5 Å². The van der Waals surface area contributed by atoms with E-state index in [1.165, 1.54) is 12.3 Å². The van der Waals surface area contributed by atoms with Gasteiger partial charge in [0.2, 0.25) is 5.82 Å². The number of halogens is 2. The molecular formula is C10H12F2N2O. The molecule has 0 unspecified atom stereocenters. The predicted octanol–water partition coefficient (Wildman–Crippen LogP) is 2.05. The summed E-state index contributed by atoms with van der Waals surface area (Å²) in [6.45, 7) is 2.21. The second-order valence-electron chi connectivity index (χ2n) is 2.94. The summed E-state index contributed by atoms with van der Waals surface area (Å²) >= 11 is 0. The Morgan fingerprint density at radius 2 is 2.20 bits per heavy atom. The van der Waals surface area contributed by atoms with Crippen LogP contribution in [0.5, 0.6) is 5.75 Å². The largest absolute Gasteiger partial charge is 0.490 e. The molecule has 1 aromatic carbocycles. The van der Waals surface area contributed by atoms with Gasteiger partial charge in [-0.3, -0.25) is 0 Å². The lowest BCUT2D eigenvalue weighted by Gasteiger charge is -2.07. The van der Waals surface area contributed by atoms with Crippen molar-refractivity contribution in [2.45, 2.75) is 13.3 Å². The summed E-state index contributed by atoms with van der Waals surface area (Å²) in [7, 11) is 0. The second kappa shape index (κ2) is 5.29. The third kappa shape index (κ3) is 2.90. The van der Waals surface area contributed by atoms with Crippen molar-refractivity contribution in [1.29, 1.82) is 0 Å². The van der Waals surface area contributed by atoms with Crippen LogP contribution in [0, 0.1) is 11.6 Å². The van der Waals surface area contributed by atoms with Crippen molar-refractivity contribution in [2.75, 3.05) is 6.61 Å². The smallest absolute Gasteiger partial charge is 0.200 e. The number of rotatable bonds is 4. The molecular weight excluding hydrogens is 202 g/mol. The van der Waals surface area contributed by atoms with Crippen molar-refractivity contribution >= 4 is 6.21 Å².